The van der Waals surface area contributed by atoms with E-state index in [0.29, 0.717) is 19.4 Å². The molecule has 2 unspecified atom stereocenters. The SMILES string of the molecule is COC1CC(C(=O)Cc2ccccc2)N(CC(=O)O)C1. The Morgan fingerprint density at radius 2 is 2.05 bits per heavy atom. The van der Waals surface area contributed by atoms with E-state index < -0.39 is 5.97 Å². The van der Waals surface area contributed by atoms with E-state index in [2.05, 4.69) is 0 Å². The molecule has 1 aromatic carbocycles. The first-order valence-electron chi connectivity index (χ1n) is 6.65. The van der Waals surface area contributed by atoms with Gasteiger partial charge in [-0.25, -0.2) is 0 Å². The fourth-order valence-electron chi connectivity index (χ4n) is 2.63. The molecule has 1 N–H and O–H groups in total. The van der Waals surface area contributed by atoms with E-state index in [0.717, 1.165) is 5.56 Å². The molecule has 5 heteroatoms. The summed E-state index contributed by atoms with van der Waals surface area (Å²) in [6.07, 6.45) is 0.826. The minimum atomic E-state index is -0.917. The van der Waals surface area contributed by atoms with Gasteiger partial charge >= 0.3 is 5.97 Å². The molecular weight excluding hydrogens is 258 g/mol. The zero-order valence-electron chi connectivity index (χ0n) is 11.5. The van der Waals surface area contributed by atoms with E-state index in [-0.39, 0.29) is 24.5 Å². The van der Waals surface area contributed by atoms with Crippen LogP contribution in [0.1, 0.15) is 12.0 Å². The Morgan fingerprint density at radius 1 is 1.35 bits per heavy atom. The second kappa shape index (κ2) is 6.63. The van der Waals surface area contributed by atoms with E-state index in [1.165, 1.54) is 0 Å². The van der Waals surface area contributed by atoms with Gasteiger partial charge in [0.15, 0.2) is 5.78 Å². The highest BCUT2D eigenvalue weighted by atomic mass is 16.5. The van der Waals surface area contributed by atoms with Gasteiger partial charge in [-0.15, -0.1) is 0 Å². The summed E-state index contributed by atoms with van der Waals surface area (Å²) in [5.41, 5.74) is 0.952. The molecular formula is C15H19NO4. The van der Waals surface area contributed by atoms with Crippen molar-refractivity contribution in [2.24, 2.45) is 0 Å². The number of ketones is 1. The third-order valence-corrected chi connectivity index (χ3v) is 3.63. The summed E-state index contributed by atoms with van der Waals surface area (Å²) in [6, 6.07) is 9.14. The summed E-state index contributed by atoms with van der Waals surface area (Å²) in [5.74, 6) is -0.865. The Morgan fingerprint density at radius 3 is 2.65 bits per heavy atom. The summed E-state index contributed by atoms with van der Waals surface area (Å²) in [6.45, 7) is 0.374. The monoisotopic (exact) mass is 277 g/mol. The second-order valence-electron chi connectivity index (χ2n) is 5.06. The molecule has 1 saturated heterocycles. The Hall–Kier alpha value is -1.72. The highest BCUT2D eigenvalue weighted by molar-refractivity contribution is 5.87. The number of benzene rings is 1. The summed E-state index contributed by atoms with van der Waals surface area (Å²) in [5, 5.41) is 8.93. The number of carboxylic acid groups (broad SMARTS) is 1. The average Bonchev–Trinajstić information content (AvgIpc) is 2.82. The maximum absolute atomic E-state index is 12.4. The molecule has 1 aromatic rings. The molecule has 0 amide bonds. The second-order valence-corrected chi connectivity index (χ2v) is 5.06. The van der Waals surface area contributed by atoms with Crippen LogP contribution in [0.4, 0.5) is 0 Å². The van der Waals surface area contributed by atoms with E-state index in [4.69, 9.17) is 9.84 Å². The van der Waals surface area contributed by atoms with Crippen molar-refractivity contribution in [3.8, 4) is 0 Å². The van der Waals surface area contributed by atoms with Gasteiger partial charge in [0.25, 0.3) is 0 Å². The number of nitrogens with zero attached hydrogens (tertiary/aromatic N) is 1. The molecule has 0 bridgehead atoms. The molecule has 0 saturated carbocycles. The predicted octanol–water partition coefficient (Wildman–Crippen LogP) is 0.972. The average molecular weight is 277 g/mol. The maximum atomic E-state index is 12.4. The fraction of sp³-hybridized carbons (Fsp3) is 0.467. The van der Waals surface area contributed by atoms with E-state index in [1.807, 2.05) is 30.3 Å². The Labute approximate surface area is 118 Å². The lowest BCUT2D eigenvalue weighted by atomic mass is 10.0. The first kappa shape index (κ1) is 14.7. The number of rotatable bonds is 6. The molecule has 1 aliphatic heterocycles. The van der Waals surface area contributed by atoms with Crippen LogP contribution >= 0.6 is 0 Å². The first-order valence-corrected chi connectivity index (χ1v) is 6.65. The first-order chi connectivity index (χ1) is 9.60. The molecule has 0 aliphatic carbocycles. The number of carbonyl (C=O) groups excluding carboxylic acids is 1. The minimum Gasteiger partial charge on any atom is -0.480 e. The van der Waals surface area contributed by atoms with Gasteiger partial charge in [-0.05, 0) is 12.0 Å². The quantitative estimate of drug-likeness (QED) is 0.839. The zero-order chi connectivity index (χ0) is 14.5. The summed E-state index contributed by atoms with van der Waals surface area (Å²) >= 11 is 0. The van der Waals surface area contributed by atoms with Crippen molar-refractivity contribution in [1.29, 1.82) is 0 Å². The van der Waals surface area contributed by atoms with Gasteiger partial charge < -0.3 is 9.84 Å². The Bertz CT molecular complexity index is 474. The summed E-state index contributed by atoms with van der Waals surface area (Å²) in [4.78, 5) is 25.0. The largest absolute Gasteiger partial charge is 0.480 e. The van der Waals surface area contributed by atoms with Crippen molar-refractivity contribution in [2.75, 3.05) is 20.2 Å². The molecule has 5 nitrogen and oxygen atoms in total. The van der Waals surface area contributed by atoms with Crippen LogP contribution in [0.15, 0.2) is 30.3 Å². The molecule has 2 atom stereocenters. The molecule has 0 aromatic heterocycles. The number of carboxylic acids is 1. The number of likely N-dealkylation sites (tertiary alicyclic amines) is 1. The number of aliphatic carboxylic acids is 1. The number of methoxy groups -OCH3 is 1. The van der Waals surface area contributed by atoms with Crippen LogP contribution in [0, 0.1) is 0 Å². The molecule has 1 heterocycles. The topological polar surface area (TPSA) is 66.8 Å². The molecule has 0 spiro atoms. The Balaban J connectivity index is 2.04. The van der Waals surface area contributed by atoms with Crippen LogP contribution in [0.2, 0.25) is 0 Å². The van der Waals surface area contributed by atoms with E-state index >= 15 is 0 Å². The van der Waals surface area contributed by atoms with Crippen LogP contribution in [-0.2, 0) is 20.7 Å². The normalized spacial score (nSPS) is 22.9. The molecule has 2 rings (SSSR count). The van der Waals surface area contributed by atoms with Gasteiger partial charge in [0.1, 0.15) is 0 Å². The highest BCUT2D eigenvalue weighted by Gasteiger charge is 2.37. The van der Waals surface area contributed by atoms with Gasteiger partial charge in [-0.3, -0.25) is 14.5 Å². The van der Waals surface area contributed by atoms with Crippen LogP contribution < -0.4 is 0 Å². The zero-order valence-corrected chi connectivity index (χ0v) is 11.5. The van der Waals surface area contributed by atoms with Crippen LogP contribution in [-0.4, -0.2) is 54.1 Å². The standard InChI is InChI=1S/C15H19NO4/c1-20-12-8-13(16(9-12)10-15(18)19)14(17)7-11-5-3-2-4-6-11/h2-6,12-13H,7-10H2,1H3,(H,18,19). The van der Waals surface area contributed by atoms with Crippen LogP contribution in [0.3, 0.4) is 0 Å². The lowest BCUT2D eigenvalue weighted by molar-refractivity contribution is -0.139. The van der Waals surface area contributed by atoms with Crippen molar-refractivity contribution >= 4 is 11.8 Å². The van der Waals surface area contributed by atoms with Crippen molar-refractivity contribution in [1.82, 2.24) is 4.90 Å². The predicted molar refractivity (Wildman–Crippen MR) is 73.6 cm³/mol. The Kier molecular flexibility index (Phi) is 4.87. The number of Topliss-reactive ketones (excluding diaryl/α,β-unsaturated/α-hetero) is 1. The van der Waals surface area contributed by atoms with Crippen molar-refractivity contribution in [2.45, 2.75) is 25.0 Å². The van der Waals surface area contributed by atoms with Crippen LogP contribution in [0.5, 0.6) is 0 Å². The maximum Gasteiger partial charge on any atom is 0.317 e. The fourth-order valence-corrected chi connectivity index (χ4v) is 2.63. The third kappa shape index (κ3) is 3.65. The lowest BCUT2D eigenvalue weighted by Crippen LogP contribution is -2.40. The molecule has 20 heavy (non-hydrogen) atoms. The highest BCUT2D eigenvalue weighted by Crippen LogP contribution is 2.21. The van der Waals surface area contributed by atoms with Gasteiger partial charge in [0.05, 0.1) is 18.7 Å². The molecule has 108 valence electrons. The summed E-state index contributed by atoms with van der Waals surface area (Å²) < 4.78 is 5.27. The number of hydrogen-bond acceptors (Lipinski definition) is 4. The van der Waals surface area contributed by atoms with Gasteiger partial charge in [0.2, 0.25) is 0 Å². The number of hydrogen-bond donors (Lipinski definition) is 1. The molecule has 0 radical (unpaired) electrons. The summed E-state index contributed by atoms with van der Waals surface area (Å²) in [7, 11) is 1.59. The molecule has 1 aliphatic rings. The third-order valence-electron chi connectivity index (χ3n) is 3.63. The van der Waals surface area contributed by atoms with E-state index in [1.54, 1.807) is 12.0 Å². The lowest BCUT2D eigenvalue weighted by Gasteiger charge is -2.20. The number of carbonyl (C=O) groups is 2. The van der Waals surface area contributed by atoms with Crippen LogP contribution in [0.25, 0.3) is 0 Å². The van der Waals surface area contributed by atoms with Gasteiger partial charge in [0, 0.05) is 20.1 Å². The van der Waals surface area contributed by atoms with Crippen molar-refractivity contribution in [3.05, 3.63) is 35.9 Å². The van der Waals surface area contributed by atoms with Crippen molar-refractivity contribution in [3.63, 3.8) is 0 Å². The van der Waals surface area contributed by atoms with Gasteiger partial charge in [-0.1, -0.05) is 30.3 Å². The van der Waals surface area contributed by atoms with E-state index in [9.17, 15) is 9.59 Å². The smallest absolute Gasteiger partial charge is 0.317 e. The molecule has 1 fully saturated rings. The van der Waals surface area contributed by atoms with Gasteiger partial charge in [-0.2, -0.15) is 0 Å². The van der Waals surface area contributed by atoms with Crippen molar-refractivity contribution < 1.29 is 19.4 Å². The number of ether oxygens (including phenoxy) is 1. The minimum absolute atomic E-state index is 0.0528.